The molecule has 0 unspecified atom stereocenters. The minimum Gasteiger partial charge on any atom is -0.497 e. The Morgan fingerprint density at radius 3 is 2.49 bits per heavy atom. The Morgan fingerprint density at radius 1 is 1.02 bits per heavy atom. The number of alkyl carbamates (subject to hydrolysis) is 1. The first kappa shape index (κ1) is 26.2. The molecule has 0 aliphatic carbocycles. The molecule has 6 rings (SSSR count). The molecule has 0 bridgehead atoms. The molecular formula is C29H22F3N3O6. The van der Waals surface area contributed by atoms with E-state index in [4.69, 9.17) is 14.0 Å². The number of carbonyl (C=O) groups excluding carboxylic acids is 2. The number of rotatable bonds is 6. The summed E-state index contributed by atoms with van der Waals surface area (Å²) >= 11 is 0. The number of methoxy groups -OCH3 is 1. The van der Waals surface area contributed by atoms with Crippen molar-refractivity contribution in [2.45, 2.75) is 32.4 Å². The molecule has 1 saturated heterocycles. The molecule has 1 fully saturated rings. The van der Waals surface area contributed by atoms with Crippen LogP contribution in [0.25, 0.3) is 33.1 Å². The lowest BCUT2D eigenvalue weighted by molar-refractivity contribution is -0.274. The van der Waals surface area contributed by atoms with E-state index in [9.17, 15) is 22.8 Å². The van der Waals surface area contributed by atoms with Crippen molar-refractivity contribution in [3.05, 3.63) is 77.5 Å². The van der Waals surface area contributed by atoms with Gasteiger partial charge in [0.25, 0.3) is 5.91 Å². The molecule has 210 valence electrons. The highest BCUT2D eigenvalue weighted by atomic mass is 19.4. The lowest BCUT2D eigenvalue weighted by Gasteiger charge is -2.20. The Hall–Kier alpha value is -5.00. The van der Waals surface area contributed by atoms with E-state index in [2.05, 4.69) is 15.2 Å². The third-order valence-electron chi connectivity index (χ3n) is 7.21. The van der Waals surface area contributed by atoms with Gasteiger partial charge in [0.15, 0.2) is 5.58 Å². The molecule has 1 aliphatic heterocycles. The highest BCUT2D eigenvalue weighted by molar-refractivity contribution is 6.05. The Labute approximate surface area is 230 Å². The molecule has 0 spiro atoms. The van der Waals surface area contributed by atoms with Gasteiger partial charge in [-0.3, -0.25) is 10.1 Å². The zero-order valence-corrected chi connectivity index (χ0v) is 22.0. The fourth-order valence-electron chi connectivity index (χ4n) is 5.19. The van der Waals surface area contributed by atoms with E-state index in [0.717, 1.165) is 0 Å². The summed E-state index contributed by atoms with van der Waals surface area (Å²) in [6, 6.07) is 16.3. The number of ether oxygens (including phenoxy) is 3. The Morgan fingerprint density at radius 2 is 1.78 bits per heavy atom. The first-order chi connectivity index (χ1) is 19.5. The predicted molar refractivity (Wildman–Crippen MR) is 140 cm³/mol. The minimum absolute atomic E-state index is 0.209. The maximum absolute atomic E-state index is 13.1. The monoisotopic (exact) mass is 565 g/mol. The standard InChI is InChI=1S/C29H22F3N3O6/c1-15-24(25-21-10-7-18(38-3)13-23(21)41-34-25)20-9-8-19(39-29(30,31)32)12-22(20)35(15)14-16-5-4-6-17(11-16)28(2)26(36)33-27(37)40-28/h4-13H,14H2,1-3H3,(H,33,36,37)/t28-/m1/s1. The number of imide groups is 1. The van der Waals surface area contributed by atoms with Crippen LogP contribution in [0.2, 0.25) is 0 Å². The maximum atomic E-state index is 13.1. The number of hydrogen-bond donors (Lipinski definition) is 1. The van der Waals surface area contributed by atoms with Crippen LogP contribution in [-0.4, -0.2) is 35.2 Å². The van der Waals surface area contributed by atoms with Crippen LogP contribution in [0.4, 0.5) is 18.0 Å². The van der Waals surface area contributed by atoms with Crippen LogP contribution in [-0.2, 0) is 21.7 Å². The van der Waals surface area contributed by atoms with Crippen molar-refractivity contribution in [2.75, 3.05) is 7.11 Å². The summed E-state index contributed by atoms with van der Waals surface area (Å²) in [4.78, 5) is 24.2. The Kier molecular flexibility index (Phi) is 5.94. The number of benzene rings is 3. The summed E-state index contributed by atoms with van der Waals surface area (Å²) in [6.45, 7) is 3.54. The molecule has 9 nitrogen and oxygen atoms in total. The fraction of sp³-hybridized carbons (Fsp3) is 0.207. The van der Waals surface area contributed by atoms with Crippen LogP contribution in [0.3, 0.4) is 0 Å². The molecule has 0 saturated carbocycles. The van der Waals surface area contributed by atoms with E-state index in [1.807, 2.05) is 17.6 Å². The molecule has 12 heteroatoms. The smallest absolute Gasteiger partial charge is 0.497 e. The Balaban J connectivity index is 1.50. The molecule has 3 aromatic carbocycles. The molecule has 0 radical (unpaired) electrons. The summed E-state index contributed by atoms with van der Waals surface area (Å²) in [6.07, 6.45) is -5.71. The Bertz CT molecular complexity index is 1860. The zero-order chi connectivity index (χ0) is 29.1. The third-order valence-corrected chi connectivity index (χ3v) is 7.21. The second-order valence-electron chi connectivity index (χ2n) is 9.74. The summed E-state index contributed by atoms with van der Waals surface area (Å²) < 4.78 is 61.4. The van der Waals surface area contributed by atoms with Gasteiger partial charge in [0.05, 0.1) is 18.0 Å². The van der Waals surface area contributed by atoms with Crippen molar-refractivity contribution in [3.8, 4) is 22.8 Å². The average molecular weight is 566 g/mol. The highest BCUT2D eigenvalue weighted by Crippen LogP contribution is 2.41. The number of fused-ring (bicyclic) bond motifs is 2. The lowest BCUT2D eigenvalue weighted by Crippen LogP contribution is -2.33. The topological polar surface area (TPSA) is 105 Å². The molecule has 3 heterocycles. The van der Waals surface area contributed by atoms with E-state index in [0.29, 0.717) is 55.7 Å². The second kappa shape index (κ2) is 9.29. The summed E-state index contributed by atoms with van der Waals surface area (Å²) in [7, 11) is 1.54. The number of nitrogens with zero attached hydrogens (tertiary/aromatic N) is 2. The van der Waals surface area contributed by atoms with Gasteiger partial charge in [-0.2, -0.15) is 0 Å². The van der Waals surface area contributed by atoms with E-state index in [1.54, 1.807) is 42.5 Å². The van der Waals surface area contributed by atoms with Crippen molar-refractivity contribution in [3.63, 3.8) is 0 Å². The van der Waals surface area contributed by atoms with Crippen LogP contribution >= 0.6 is 0 Å². The van der Waals surface area contributed by atoms with Gasteiger partial charge >= 0.3 is 12.5 Å². The molecule has 1 N–H and O–H groups in total. The SMILES string of the molecule is COc1ccc2c(-c3c(C)n(Cc4cccc([C@@]5(C)OC(=O)NC5=O)c4)c4cc(OC(F)(F)F)ccc34)noc2c1. The van der Waals surface area contributed by atoms with Crippen molar-refractivity contribution >= 4 is 33.9 Å². The number of halogens is 3. The molecule has 41 heavy (non-hydrogen) atoms. The van der Waals surface area contributed by atoms with Crippen LogP contribution in [0, 0.1) is 6.92 Å². The van der Waals surface area contributed by atoms with Gasteiger partial charge < -0.3 is 23.3 Å². The molecule has 2 aromatic heterocycles. The van der Waals surface area contributed by atoms with Crippen molar-refractivity contribution in [2.24, 2.45) is 0 Å². The first-order valence-corrected chi connectivity index (χ1v) is 12.4. The normalized spacial score (nSPS) is 17.2. The van der Waals surface area contributed by atoms with Crippen LogP contribution in [0.5, 0.6) is 11.5 Å². The number of alkyl halides is 3. The highest BCUT2D eigenvalue weighted by Gasteiger charge is 2.46. The maximum Gasteiger partial charge on any atom is 0.573 e. The van der Waals surface area contributed by atoms with Gasteiger partial charge in [-0.05, 0) is 49.7 Å². The van der Waals surface area contributed by atoms with Crippen molar-refractivity contribution in [1.82, 2.24) is 15.0 Å². The molecule has 1 atom stereocenters. The summed E-state index contributed by atoms with van der Waals surface area (Å²) in [5.74, 6) is -0.377. The van der Waals surface area contributed by atoms with E-state index < -0.39 is 24.0 Å². The summed E-state index contributed by atoms with van der Waals surface area (Å²) in [5.41, 5.74) is 2.50. The number of nitrogens with one attached hydrogen (secondary N) is 1. The van der Waals surface area contributed by atoms with E-state index >= 15 is 0 Å². The van der Waals surface area contributed by atoms with Crippen LogP contribution < -0.4 is 14.8 Å². The molecule has 2 amide bonds. The van der Waals surface area contributed by atoms with Gasteiger partial charge in [-0.1, -0.05) is 23.4 Å². The largest absolute Gasteiger partial charge is 0.573 e. The molecule has 5 aromatic rings. The fourth-order valence-corrected chi connectivity index (χ4v) is 5.19. The van der Waals surface area contributed by atoms with Crippen molar-refractivity contribution in [1.29, 1.82) is 0 Å². The van der Waals surface area contributed by atoms with Gasteiger partial charge in [-0.15, -0.1) is 13.2 Å². The number of cyclic esters (lactones) is 1. The predicted octanol–water partition coefficient (Wildman–Crippen LogP) is 6.20. The minimum atomic E-state index is -4.87. The van der Waals surface area contributed by atoms with E-state index in [-0.39, 0.29) is 12.3 Å². The average Bonchev–Trinajstić information content (AvgIpc) is 3.54. The lowest BCUT2D eigenvalue weighted by atomic mass is 9.94. The van der Waals surface area contributed by atoms with Gasteiger partial charge in [0.1, 0.15) is 17.2 Å². The number of carbonyl (C=O) groups is 2. The van der Waals surface area contributed by atoms with E-state index in [1.165, 1.54) is 26.2 Å². The van der Waals surface area contributed by atoms with Crippen molar-refractivity contribution < 1.29 is 41.5 Å². The second-order valence-corrected chi connectivity index (χ2v) is 9.74. The molecule has 1 aliphatic rings. The number of amides is 2. The van der Waals surface area contributed by atoms with Gasteiger partial charge in [-0.25, -0.2) is 4.79 Å². The van der Waals surface area contributed by atoms with Gasteiger partial charge in [0, 0.05) is 40.9 Å². The zero-order valence-electron chi connectivity index (χ0n) is 22.0. The molecular weight excluding hydrogens is 543 g/mol. The number of aromatic nitrogens is 2. The van der Waals surface area contributed by atoms with Gasteiger partial charge in [0.2, 0.25) is 5.60 Å². The third kappa shape index (κ3) is 4.50. The number of hydrogen-bond acceptors (Lipinski definition) is 7. The quantitative estimate of drug-likeness (QED) is 0.262. The van der Waals surface area contributed by atoms with Crippen LogP contribution in [0.1, 0.15) is 23.7 Å². The van der Waals surface area contributed by atoms with Crippen LogP contribution in [0.15, 0.2) is 65.2 Å². The first-order valence-electron chi connectivity index (χ1n) is 12.4. The summed E-state index contributed by atoms with van der Waals surface area (Å²) in [5, 5.41) is 7.77.